The molecular weight excluding hydrogens is 236 g/mol. The molecule has 0 bridgehead atoms. The smallest absolute Gasteiger partial charge is 0.183 e. The van der Waals surface area contributed by atoms with E-state index in [1.807, 2.05) is 0 Å². The highest BCUT2D eigenvalue weighted by Crippen LogP contribution is 2.33. The van der Waals surface area contributed by atoms with Crippen LogP contribution in [0.1, 0.15) is 27.7 Å². The summed E-state index contributed by atoms with van der Waals surface area (Å²) in [6.45, 7) is 16.0. The van der Waals surface area contributed by atoms with Crippen LogP contribution in [0, 0.1) is 11.3 Å². The molecule has 0 saturated heterocycles. The van der Waals surface area contributed by atoms with E-state index in [0.717, 1.165) is 10.5 Å². The van der Waals surface area contributed by atoms with E-state index in [0.29, 0.717) is 11.6 Å². The van der Waals surface area contributed by atoms with Crippen molar-refractivity contribution in [2.75, 3.05) is 0 Å². The molecule has 5 heteroatoms. The maximum atomic E-state index is 6.30. The second-order valence-corrected chi connectivity index (χ2v) is 14.0. The summed E-state index contributed by atoms with van der Waals surface area (Å²) in [4.78, 5) is 0. The molecule has 2 nitrogen and oxygen atoms in total. The molecule has 0 fully saturated rings. The topological polar surface area (TPSA) is 18.5 Å². The second kappa shape index (κ2) is 5.77. The lowest BCUT2D eigenvalue weighted by molar-refractivity contribution is 0.0822. The largest absolute Gasteiger partial charge is 0.466 e. The first-order chi connectivity index (χ1) is 6.61. The Kier molecular flexibility index (Phi) is 5.99. The molecule has 0 aliphatic heterocycles. The molecule has 0 spiro atoms. The highest BCUT2D eigenvalue weighted by atomic mass is 28.4. The molecule has 92 valence electrons. The molecule has 0 aromatic rings. The van der Waals surface area contributed by atoms with Crippen molar-refractivity contribution in [2.24, 2.45) is 11.3 Å². The first-order valence-corrected chi connectivity index (χ1v) is 11.4. The quantitative estimate of drug-likeness (QED) is 0.672. The van der Waals surface area contributed by atoms with Crippen LogP contribution in [0.3, 0.4) is 0 Å². The van der Waals surface area contributed by atoms with Gasteiger partial charge in [0.1, 0.15) is 10.5 Å². The van der Waals surface area contributed by atoms with Crippen molar-refractivity contribution in [3.05, 3.63) is 0 Å². The van der Waals surface area contributed by atoms with Crippen LogP contribution in [-0.2, 0) is 8.54 Å². The van der Waals surface area contributed by atoms with Gasteiger partial charge in [0.05, 0.1) is 5.73 Å². The van der Waals surface area contributed by atoms with Crippen molar-refractivity contribution < 1.29 is 8.54 Å². The van der Waals surface area contributed by atoms with Gasteiger partial charge in [0.25, 0.3) is 0 Å². The third kappa shape index (κ3) is 5.44. The van der Waals surface area contributed by atoms with Gasteiger partial charge in [0, 0.05) is 0 Å². The van der Waals surface area contributed by atoms with E-state index in [4.69, 9.17) is 8.54 Å². The summed E-state index contributed by atoms with van der Waals surface area (Å²) in [5.74, 6) is 0.642. The third-order valence-electron chi connectivity index (χ3n) is 3.13. The SMILES string of the molecule is CC(C)C(C)(C)C(O[Si](C)(C)C)[SiH2]O[SiH3]. The number of hydrogen-bond acceptors (Lipinski definition) is 2. The summed E-state index contributed by atoms with van der Waals surface area (Å²) < 4.78 is 11.9. The predicted octanol–water partition coefficient (Wildman–Crippen LogP) is 1.23. The summed E-state index contributed by atoms with van der Waals surface area (Å²) in [5.41, 5.74) is 0.623. The monoisotopic (exact) mass is 264 g/mol. The van der Waals surface area contributed by atoms with Gasteiger partial charge in [0.2, 0.25) is 0 Å². The molecule has 0 aromatic heterocycles. The van der Waals surface area contributed by atoms with Crippen LogP contribution >= 0.6 is 0 Å². The minimum Gasteiger partial charge on any atom is -0.466 e. The van der Waals surface area contributed by atoms with Gasteiger partial charge in [-0.3, -0.25) is 0 Å². The third-order valence-corrected chi connectivity index (χ3v) is 7.31. The fourth-order valence-electron chi connectivity index (χ4n) is 1.35. The molecule has 1 atom stereocenters. The maximum Gasteiger partial charge on any atom is 0.183 e. The minimum atomic E-state index is -1.44. The Labute approximate surface area is 102 Å². The molecular formula is C10H28O2Si3. The molecule has 0 heterocycles. The first kappa shape index (κ1) is 15.6. The lowest BCUT2D eigenvalue weighted by Gasteiger charge is -2.40. The second-order valence-electron chi connectivity index (χ2n) is 6.15. The summed E-state index contributed by atoms with van der Waals surface area (Å²) in [5, 5.41) is 0. The highest BCUT2D eigenvalue weighted by Gasteiger charge is 2.36. The Hall–Kier alpha value is 0.571. The van der Waals surface area contributed by atoms with E-state index >= 15 is 0 Å². The zero-order valence-corrected chi connectivity index (χ0v) is 16.1. The van der Waals surface area contributed by atoms with Gasteiger partial charge in [-0.15, -0.1) is 0 Å². The van der Waals surface area contributed by atoms with E-state index in [2.05, 4.69) is 47.3 Å². The van der Waals surface area contributed by atoms with Gasteiger partial charge in [-0.1, -0.05) is 27.7 Å². The van der Waals surface area contributed by atoms with E-state index < -0.39 is 18.1 Å². The Morgan fingerprint density at radius 1 is 1.20 bits per heavy atom. The van der Waals surface area contributed by atoms with Crippen molar-refractivity contribution >= 4 is 28.6 Å². The average Bonchev–Trinajstić information content (AvgIpc) is 2.00. The molecule has 15 heavy (non-hydrogen) atoms. The Morgan fingerprint density at radius 3 is 1.93 bits per heavy atom. The van der Waals surface area contributed by atoms with Gasteiger partial charge in [-0.05, 0) is 31.0 Å². The molecule has 0 aliphatic carbocycles. The molecule has 0 rings (SSSR count). The summed E-state index contributed by atoms with van der Waals surface area (Å²) in [6, 6.07) is 0. The normalized spacial score (nSPS) is 16.8. The zero-order chi connectivity index (χ0) is 12.3. The van der Waals surface area contributed by atoms with Crippen LogP contribution in [0.2, 0.25) is 19.6 Å². The Morgan fingerprint density at radius 2 is 1.67 bits per heavy atom. The zero-order valence-electron chi connectivity index (χ0n) is 11.7. The minimum absolute atomic E-state index is 0.247. The number of rotatable bonds is 6. The van der Waals surface area contributed by atoms with Gasteiger partial charge < -0.3 is 8.54 Å². The van der Waals surface area contributed by atoms with Crippen LogP contribution in [-0.4, -0.2) is 34.3 Å². The van der Waals surface area contributed by atoms with Gasteiger partial charge in [-0.25, -0.2) is 0 Å². The summed E-state index contributed by atoms with van der Waals surface area (Å²) in [6.07, 6.45) is 0. The Bertz CT molecular complexity index is 188. The lowest BCUT2D eigenvalue weighted by atomic mass is 9.82. The van der Waals surface area contributed by atoms with Crippen LogP contribution in [0.4, 0.5) is 0 Å². The molecule has 0 radical (unpaired) electrons. The standard InChI is InChI=1S/C10H28O2Si3/c1-8(2)10(3,4)9(14-12-13)11-15(5,6)7/h8-9H,14H2,1-7,13H3. The lowest BCUT2D eigenvalue weighted by Crippen LogP contribution is -2.47. The average molecular weight is 265 g/mol. The van der Waals surface area contributed by atoms with E-state index in [-0.39, 0.29) is 5.41 Å². The highest BCUT2D eigenvalue weighted by molar-refractivity contribution is 6.70. The summed E-state index contributed by atoms with van der Waals surface area (Å²) in [7, 11) is -1.10. The van der Waals surface area contributed by atoms with Crippen LogP contribution < -0.4 is 0 Å². The molecule has 0 aromatic carbocycles. The molecule has 0 N–H and O–H groups in total. The number of hydrogen-bond donors (Lipinski definition) is 0. The first-order valence-electron chi connectivity index (χ1n) is 5.78. The van der Waals surface area contributed by atoms with Crippen molar-refractivity contribution in [1.82, 2.24) is 0 Å². The van der Waals surface area contributed by atoms with Gasteiger partial charge >= 0.3 is 0 Å². The van der Waals surface area contributed by atoms with Crippen molar-refractivity contribution in [2.45, 2.75) is 53.1 Å². The van der Waals surface area contributed by atoms with Crippen LogP contribution in [0.5, 0.6) is 0 Å². The fourth-order valence-corrected chi connectivity index (χ4v) is 6.39. The molecule has 0 saturated carbocycles. The van der Waals surface area contributed by atoms with Crippen molar-refractivity contribution in [3.8, 4) is 0 Å². The van der Waals surface area contributed by atoms with Gasteiger partial charge in [0.15, 0.2) is 18.1 Å². The predicted molar refractivity (Wildman–Crippen MR) is 76.4 cm³/mol. The molecule has 0 aliphatic rings. The fraction of sp³-hybridized carbons (Fsp3) is 1.00. The van der Waals surface area contributed by atoms with Crippen LogP contribution in [0.25, 0.3) is 0 Å². The van der Waals surface area contributed by atoms with Crippen molar-refractivity contribution in [1.29, 1.82) is 0 Å². The van der Waals surface area contributed by atoms with E-state index in [1.54, 1.807) is 0 Å². The van der Waals surface area contributed by atoms with Crippen molar-refractivity contribution in [3.63, 3.8) is 0 Å². The summed E-state index contributed by atoms with van der Waals surface area (Å²) >= 11 is 0. The molecule has 1 unspecified atom stereocenters. The van der Waals surface area contributed by atoms with Crippen LogP contribution in [0.15, 0.2) is 0 Å². The van der Waals surface area contributed by atoms with E-state index in [1.165, 1.54) is 0 Å². The Balaban J connectivity index is 4.65. The molecule has 0 amide bonds. The maximum absolute atomic E-state index is 6.30. The van der Waals surface area contributed by atoms with Gasteiger partial charge in [-0.2, -0.15) is 0 Å². The van der Waals surface area contributed by atoms with E-state index in [9.17, 15) is 0 Å².